The molecule has 5 heteroatoms. The molecule has 0 aliphatic heterocycles. The standard InChI is InChI=1S/C10H8BrNOS2/c1-5-3-7(15-10(5)11)9(13)8-4-12-6(2)14-8/h3-4H,1-2H3. The van der Waals surface area contributed by atoms with Crippen LogP contribution in [0.5, 0.6) is 0 Å². The van der Waals surface area contributed by atoms with Crippen LogP contribution in [0.15, 0.2) is 16.0 Å². The predicted molar refractivity (Wildman–Crippen MR) is 67.0 cm³/mol. The molecule has 0 radical (unpaired) electrons. The van der Waals surface area contributed by atoms with E-state index in [9.17, 15) is 4.79 Å². The van der Waals surface area contributed by atoms with Gasteiger partial charge in [0.1, 0.15) is 0 Å². The smallest absolute Gasteiger partial charge is 0.214 e. The van der Waals surface area contributed by atoms with Crippen LogP contribution in [-0.2, 0) is 0 Å². The summed E-state index contributed by atoms with van der Waals surface area (Å²) >= 11 is 6.33. The second-order valence-corrected chi connectivity index (χ2v) is 6.74. The fourth-order valence-electron chi connectivity index (χ4n) is 1.16. The zero-order valence-corrected chi connectivity index (χ0v) is 11.4. The number of thiazole rings is 1. The van der Waals surface area contributed by atoms with E-state index in [0.717, 1.165) is 19.2 Å². The minimum Gasteiger partial charge on any atom is -0.287 e. The van der Waals surface area contributed by atoms with Gasteiger partial charge in [-0.05, 0) is 41.4 Å². The van der Waals surface area contributed by atoms with Gasteiger partial charge < -0.3 is 0 Å². The van der Waals surface area contributed by atoms with Crippen LogP contribution in [0.4, 0.5) is 0 Å². The molecule has 0 spiro atoms. The van der Waals surface area contributed by atoms with Gasteiger partial charge in [0.25, 0.3) is 0 Å². The predicted octanol–water partition coefficient (Wildman–Crippen LogP) is 3.81. The Morgan fingerprint density at radius 3 is 2.53 bits per heavy atom. The number of ketones is 1. The van der Waals surface area contributed by atoms with Crippen LogP contribution in [0.1, 0.15) is 25.1 Å². The summed E-state index contributed by atoms with van der Waals surface area (Å²) in [5, 5.41) is 0.922. The maximum atomic E-state index is 12.0. The highest BCUT2D eigenvalue weighted by molar-refractivity contribution is 9.11. The SMILES string of the molecule is Cc1ncc(C(=O)c2cc(C)c(Br)s2)s1. The van der Waals surface area contributed by atoms with Gasteiger partial charge in [-0.15, -0.1) is 22.7 Å². The second-order valence-electron chi connectivity index (χ2n) is 3.14. The van der Waals surface area contributed by atoms with Gasteiger partial charge in [0.2, 0.25) is 5.78 Å². The van der Waals surface area contributed by atoms with Gasteiger partial charge in [0.15, 0.2) is 0 Å². The van der Waals surface area contributed by atoms with E-state index in [1.54, 1.807) is 6.20 Å². The third-order valence-electron chi connectivity index (χ3n) is 1.93. The Bertz CT molecular complexity index is 496. The fourth-order valence-corrected chi connectivity index (χ4v) is 3.44. The molecule has 0 aromatic carbocycles. The van der Waals surface area contributed by atoms with Gasteiger partial charge in [0, 0.05) is 6.20 Å². The van der Waals surface area contributed by atoms with Crippen LogP contribution in [0, 0.1) is 13.8 Å². The molecule has 2 heterocycles. The van der Waals surface area contributed by atoms with Crippen LogP contribution in [0.25, 0.3) is 0 Å². The van der Waals surface area contributed by atoms with Crippen LogP contribution >= 0.6 is 38.6 Å². The van der Waals surface area contributed by atoms with Crippen molar-refractivity contribution in [3.05, 3.63) is 36.4 Å². The third kappa shape index (κ3) is 2.19. The minimum atomic E-state index is 0.0689. The van der Waals surface area contributed by atoms with E-state index in [0.29, 0.717) is 4.88 Å². The summed E-state index contributed by atoms with van der Waals surface area (Å²) in [6.45, 7) is 3.88. The molecular formula is C10H8BrNOS2. The molecule has 2 rings (SSSR count). The van der Waals surface area contributed by atoms with Crippen LogP contribution < -0.4 is 0 Å². The van der Waals surface area contributed by atoms with Crippen molar-refractivity contribution in [3.8, 4) is 0 Å². The van der Waals surface area contributed by atoms with E-state index in [2.05, 4.69) is 20.9 Å². The number of aromatic nitrogens is 1. The van der Waals surface area contributed by atoms with Crippen molar-refractivity contribution in [3.63, 3.8) is 0 Å². The summed E-state index contributed by atoms with van der Waals surface area (Å²) in [6, 6.07) is 1.91. The largest absolute Gasteiger partial charge is 0.287 e. The van der Waals surface area contributed by atoms with E-state index in [1.807, 2.05) is 19.9 Å². The quantitative estimate of drug-likeness (QED) is 0.790. The third-order valence-corrected chi connectivity index (χ3v) is 4.97. The van der Waals surface area contributed by atoms with E-state index in [1.165, 1.54) is 22.7 Å². The fraction of sp³-hybridized carbons (Fsp3) is 0.200. The molecule has 0 aliphatic rings. The van der Waals surface area contributed by atoms with Crippen molar-refractivity contribution in [2.45, 2.75) is 13.8 Å². The Kier molecular flexibility index (Phi) is 3.04. The van der Waals surface area contributed by atoms with Crippen molar-refractivity contribution in [2.24, 2.45) is 0 Å². The number of rotatable bonds is 2. The maximum Gasteiger partial charge on any atom is 0.214 e. The van der Waals surface area contributed by atoms with E-state index in [-0.39, 0.29) is 5.78 Å². The zero-order chi connectivity index (χ0) is 11.0. The Labute approximate surface area is 104 Å². The first-order valence-corrected chi connectivity index (χ1v) is 6.73. The number of thiophene rings is 1. The zero-order valence-electron chi connectivity index (χ0n) is 8.20. The molecular weight excluding hydrogens is 294 g/mol. The number of hydrogen-bond acceptors (Lipinski definition) is 4. The van der Waals surface area contributed by atoms with Gasteiger partial charge in [-0.2, -0.15) is 0 Å². The Morgan fingerprint density at radius 2 is 2.07 bits per heavy atom. The van der Waals surface area contributed by atoms with Crippen molar-refractivity contribution >= 4 is 44.4 Å². The van der Waals surface area contributed by atoms with Gasteiger partial charge in [-0.25, -0.2) is 4.98 Å². The number of halogens is 1. The summed E-state index contributed by atoms with van der Waals surface area (Å²) < 4.78 is 1.02. The first-order valence-electron chi connectivity index (χ1n) is 4.31. The molecule has 0 amide bonds. The van der Waals surface area contributed by atoms with Gasteiger partial charge in [0.05, 0.1) is 18.5 Å². The van der Waals surface area contributed by atoms with Gasteiger partial charge in [-0.3, -0.25) is 4.79 Å². The summed E-state index contributed by atoms with van der Waals surface area (Å²) in [7, 11) is 0. The number of carbonyl (C=O) groups excluding carboxylic acids is 1. The molecule has 0 unspecified atom stereocenters. The Balaban J connectivity index is 2.36. The molecule has 0 aliphatic carbocycles. The lowest BCUT2D eigenvalue weighted by Gasteiger charge is -1.89. The summed E-state index contributed by atoms with van der Waals surface area (Å²) in [5.41, 5.74) is 1.10. The highest BCUT2D eigenvalue weighted by Crippen LogP contribution is 2.29. The molecule has 2 aromatic heterocycles. The van der Waals surface area contributed by atoms with Crippen LogP contribution in [-0.4, -0.2) is 10.8 Å². The Morgan fingerprint density at radius 1 is 1.33 bits per heavy atom. The average Bonchev–Trinajstić information content (AvgIpc) is 2.74. The van der Waals surface area contributed by atoms with Gasteiger partial charge >= 0.3 is 0 Å². The lowest BCUT2D eigenvalue weighted by molar-refractivity contribution is 0.104. The lowest BCUT2D eigenvalue weighted by Crippen LogP contribution is -1.94. The molecule has 15 heavy (non-hydrogen) atoms. The summed E-state index contributed by atoms with van der Waals surface area (Å²) in [4.78, 5) is 17.5. The van der Waals surface area contributed by atoms with Crippen molar-refractivity contribution in [1.29, 1.82) is 0 Å². The van der Waals surface area contributed by atoms with E-state index < -0.39 is 0 Å². The van der Waals surface area contributed by atoms with Crippen LogP contribution in [0.2, 0.25) is 0 Å². The highest BCUT2D eigenvalue weighted by Gasteiger charge is 2.15. The molecule has 2 nitrogen and oxygen atoms in total. The molecule has 0 N–H and O–H groups in total. The first-order chi connectivity index (χ1) is 7.08. The van der Waals surface area contributed by atoms with Crippen molar-refractivity contribution in [1.82, 2.24) is 4.98 Å². The molecule has 0 atom stereocenters. The topological polar surface area (TPSA) is 30.0 Å². The van der Waals surface area contributed by atoms with Crippen LogP contribution in [0.3, 0.4) is 0 Å². The molecule has 0 fully saturated rings. The number of nitrogens with zero attached hydrogens (tertiary/aromatic N) is 1. The molecule has 0 bridgehead atoms. The average molecular weight is 302 g/mol. The molecule has 2 aromatic rings. The van der Waals surface area contributed by atoms with Crippen molar-refractivity contribution in [2.75, 3.05) is 0 Å². The maximum absolute atomic E-state index is 12.0. The molecule has 78 valence electrons. The summed E-state index contributed by atoms with van der Waals surface area (Å²) in [6.07, 6.45) is 1.64. The minimum absolute atomic E-state index is 0.0689. The highest BCUT2D eigenvalue weighted by atomic mass is 79.9. The van der Waals surface area contributed by atoms with Crippen molar-refractivity contribution < 1.29 is 4.79 Å². The van der Waals surface area contributed by atoms with E-state index >= 15 is 0 Å². The molecule has 0 saturated heterocycles. The van der Waals surface area contributed by atoms with E-state index in [4.69, 9.17) is 0 Å². The monoisotopic (exact) mass is 301 g/mol. The molecule has 0 saturated carbocycles. The second kappa shape index (κ2) is 4.15. The van der Waals surface area contributed by atoms with Gasteiger partial charge in [-0.1, -0.05) is 0 Å². The first kappa shape index (κ1) is 11.0. The Hall–Kier alpha value is -0.520. The summed E-state index contributed by atoms with van der Waals surface area (Å²) in [5.74, 6) is 0.0689. The number of carbonyl (C=O) groups is 1. The number of aryl methyl sites for hydroxylation is 2. The lowest BCUT2D eigenvalue weighted by atomic mass is 10.2. The number of hydrogen-bond donors (Lipinski definition) is 0. The normalized spacial score (nSPS) is 10.6.